The number of ether oxygens (including phenoxy) is 2. The van der Waals surface area contributed by atoms with Crippen LogP contribution in [0.25, 0.3) is 0 Å². The van der Waals surface area contributed by atoms with Crippen LogP contribution in [0.15, 0.2) is 0 Å². The molecule has 0 N–H and O–H groups in total. The van der Waals surface area contributed by atoms with Gasteiger partial charge >= 0.3 is 26.4 Å². The summed E-state index contributed by atoms with van der Waals surface area (Å²) >= 11 is 0. The van der Waals surface area contributed by atoms with Crippen LogP contribution in [0.3, 0.4) is 0 Å². The van der Waals surface area contributed by atoms with Crippen LogP contribution in [-0.2, 0) is 28.2 Å². The Bertz CT molecular complexity index is 187. The molecule has 13 heavy (non-hydrogen) atoms. The maximum Gasteiger partial charge on any atom is 0.512 e. The van der Waals surface area contributed by atoms with Gasteiger partial charge in [0.2, 0.25) is 0 Å². The molecule has 0 amide bonds. The van der Waals surface area contributed by atoms with Gasteiger partial charge < -0.3 is 9.47 Å². The van der Waals surface area contributed by atoms with Crippen molar-refractivity contribution in [1.82, 2.24) is 0 Å². The molecule has 6 nitrogen and oxygen atoms in total. The molecule has 0 radical (unpaired) electrons. The minimum atomic E-state index is -2.01. The zero-order valence-corrected chi connectivity index (χ0v) is 8.37. The highest BCUT2D eigenvalue weighted by Gasteiger charge is 2.25. The first-order valence-electron chi connectivity index (χ1n) is 3.34. The second-order valence-electron chi connectivity index (χ2n) is 2.05. The molecule has 1 unspecified atom stereocenters. The predicted molar refractivity (Wildman–Crippen MR) is 41.9 cm³/mol. The first kappa shape index (κ1) is 12.0. The van der Waals surface area contributed by atoms with Crippen molar-refractivity contribution in [2.75, 3.05) is 6.66 Å². The SMILES string of the molecule is CC(=O)OC(OC(C)=O)O[P+](C)=O. The summed E-state index contributed by atoms with van der Waals surface area (Å²) in [5, 5.41) is 0. The van der Waals surface area contributed by atoms with E-state index in [1.807, 2.05) is 0 Å². The van der Waals surface area contributed by atoms with Crippen LogP contribution >= 0.6 is 8.03 Å². The molecule has 0 rings (SSSR count). The van der Waals surface area contributed by atoms with Gasteiger partial charge in [0.25, 0.3) is 0 Å². The van der Waals surface area contributed by atoms with Gasteiger partial charge in [0, 0.05) is 13.8 Å². The van der Waals surface area contributed by atoms with Gasteiger partial charge in [-0.1, -0.05) is 4.52 Å². The maximum absolute atomic E-state index is 10.6. The van der Waals surface area contributed by atoms with E-state index >= 15 is 0 Å². The predicted octanol–water partition coefficient (Wildman–Crippen LogP) is 0.785. The van der Waals surface area contributed by atoms with Crippen molar-refractivity contribution in [3.63, 3.8) is 0 Å². The highest BCUT2D eigenvalue weighted by atomic mass is 31.1. The van der Waals surface area contributed by atoms with E-state index in [2.05, 4.69) is 14.0 Å². The van der Waals surface area contributed by atoms with Crippen LogP contribution in [0.4, 0.5) is 0 Å². The zero-order chi connectivity index (χ0) is 10.4. The van der Waals surface area contributed by atoms with Crippen LogP contribution in [0, 0.1) is 0 Å². The van der Waals surface area contributed by atoms with Crippen molar-refractivity contribution >= 4 is 20.0 Å². The molecule has 7 heteroatoms. The van der Waals surface area contributed by atoms with E-state index in [4.69, 9.17) is 0 Å². The third-order valence-electron chi connectivity index (χ3n) is 0.759. The van der Waals surface area contributed by atoms with Crippen molar-refractivity contribution < 1.29 is 28.2 Å². The Hall–Kier alpha value is -1.00. The topological polar surface area (TPSA) is 78.9 Å². The molecule has 0 aromatic heterocycles. The highest BCUT2D eigenvalue weighted by Crippen LogP contribution is 2.20. The van der Waals surface area contributed by atoms with Crippen molar-refractivity contribution in [2.45, 2.75) is 20.3 Å². The molecule has 0 aromatic carbocycles. The monoisotopic (exact) mass is 209 g/mol. The molecule has 0 spiro atoms. The van der Waals surface area contributed by atoms with E-state index in [0.717, 1.165) is 13.8 Å². The van der Waals surface area contributed by atoms with Gasteiger partial charge in [-0.3, -0.25) is 9.59 Å². The summed E-state index contributed by atoms with van der Waals surface area (Å²) in [7, 11) is -2.01. The number of esters is 2. The lowest BCUT2D eigenvalue weighted by molar-refractivity contribution is -0.231. The summed E-state index contributed by atoms with van der Waals surface area (Å²) in [4.78, 5) is 20.9. The molecule has 1 atom stereocenters. The second kappa shape index (κ2) is 5.61. The second-order valence-corrected chi connectivity index (χ2v) is 3.14. The Morgan fingerprint density at radius 1 is 1.15 bits per heavy atom. The lowest BCUT2D eigenvalue weighted by atomic mass is 10.8. The fourth-order valence-corrected chi connectivity index (χ4v) is 0.788. The molecule has 0 aliphatic heterocycles. The molecule has 0 aromatic rings. The molecule has 0 fully saturated rings. The van der Waals surface area contributed by atoms with Crippen molar-refractivity contribution in [3.8, 4) is 0 Å². The molecule has 0 saturated carbocycles. The average Bonchev–Trinajstić information content (AvgIpc) is 1.80. The number of carbonyl (C=O) groups is 2. The summed E-state index contributed by atoms with van der Waals surface area (Å²) in [5.41, 5.74) is 0. The van der Waals surface area contributed by atoms with E-state index < -0.39 is 26.4 Å². The van der Waals surface area contributed by atoms with Gasteiger partial charge in [-0.25, -0.2) is 0 Å². The van der Waals surface area contributed by atoms with Gasteiger partial charge in [-0.2, -0.15) is 0 Å². The molecule has 74 valence electrons. The van der Waals surface area contributed by atoms with E-state index in [1.165, 1.54) is 6.66 Å². The quantitative estimate of drug-likeness (QED) is 0.386. The average molecular weight is 209 g/mol. The number of carbonyl (C=O) groups excluding carboxylic acids is 2. The normalized spacial score (nSPS) is 10.9. The molecule has 0 aliphatic rings. The number of hydrogen-bond acceptors (Lipinski definition) is 6. The Morgan fingerprint density at radius 3 is 1.77 bits per heavy atom. The van der Waals surface area contributed by atoms with Crippen molar-refractivity contribution in [2.24, 2.45) is 0 Å². The highest BCUT2D eigenvalue weighted by molar-refractivity contribution is 7.38. The molecule has 0 heterocycles. The lowest BCUT2D eigenvalue weighted by Gasteiger charge is -2.09. The maximum atomic E-state index is 10.6. The fourth-order valence-electron chi connectivity index (χ4n) is 0.459. The third-order valence-corrected chi connectivity index (χ3v) is 1.23. The Morgan fingerprint density at radius 2 is 1.54 bits per heavy atom. The summed E-state index contributed by atoms with van der Waals surface area (Å²) in [6, 6.07) is 0. The van der Waals surface area contributed by atoms with Gasteiger partial charge in [0.15, 0.2) is 6.66 Å². The van der Waals surface area contributed by atoms with Crippen molar-refractivity contribution in [1.29, 1.82) is 0 Å². The van der Waals surface area contributed by atoms with Gasteiger partial charge in [0.1, 0.15) is 0 Å². The number of hydrogen-bond donors (Lipinski definition) is 0. The standard InChI is InChI=1S/C6H10O6P/c1-4(7)10-6(11-5(2)8)12-13(3)9/h6H,1-3H3/q+1. The van der Waals surface area contributed by atoms with Gasteiger partial charge in [-0.05, 0) is 4.57 Å². The molecule has 0 saturated heterocycles. The van der Waals surface area contributed by atoms with Crippen LogP contribution in [-0.4, -0.2) is 25.1 Å². The minimum absolute atomic E-state index is 0.692. The summed E-state index contributed by atoms with van der Waals surface area (Å²) in [5.74, 6) is -1.38. The fraction of sp³-hybridized carbons (Fsp3) is 0.667. The lowest BCUT2D eigenvalue weighted by Crippen LogP contribution is -2.23. The van der Waals surface area contributed by atoms with Crippen LogP contribution in [0.2, 0.25) is 0 Å². The first-order valence-corrected chi connectivity index (χ1v) is 4.96. The van der Waals surface area contributed by atoms with Crippen LogP contribution in [0.5, 0.6) is 0 Å². The zero-order valence-electron chi connectivity index (χ0n) is 7.47. The smallest absolute Gasteiger partial charge is 0.398 e. The van der Waals surface area contributed by atoms with Crippen molar-refractivity contribution in [3.05, 3.63) is 0 Å². The Balaban J connectivity index is 4.10. The van der Waals surface area contributed by atoms with E-state index in [0.29, 0.717) is 0 Å². The third kappa shape index (κ3) is 7.36. The Kier molecular flexibility index (Phi) is 5.18. The molecular formula is C6H10O6P+. The van der Waals surface area contributed by atoms with Gasteiger partial charge in [0.05, 0.1) is 0 Å². The van der Waals surface area contributed by atoms with Crippen LogP contribution in [0.1, 0.15) is 13.8 Å². The molecule has 0 bridgehead atoms. The largest absolute Gasteiger partial charge is 0.512 e. The number of rotatable bonds is 4. The summed E-state index contributed by atoms with van der Waals surface area (Å²) in [6.45, 7) is 1.95. The molecule has 0 aliphatic carbocycles. The summed E-state index contributed by atoms with van der Waals surface area (Å²) in [6.07, 6.45) is 0. The molecular weight excluding hydrogens is 199 g/mol. The van der Waals surface area contributed by atoms with E-state index in [-0.39, 0.29) is 0 Å². The Labute approximate surface area is 76.0 Å². The van der Waals surface area contributed by atoms with Gasteiger partial charge in [-0.15, -0.1) is 0 Å². The van der Waals surface area contributed by atoms with E-state index in [1.54, 1.807) is 0 Å². The van der Waals surface area contributed by atoms with Crippen LogP contribution < -0.4 is 0 Å². The summed E-state index contributed by atoms with van der Waals surface area (Å²) < 4.78 is 23.8. The van der Waals surface area contributed by atoms with E-state index in [9.17, 15) is 14.2 Å². The first-order chi connectivity index (χ1) is 5.91. The minimum Gasteiger partial charge on any atom is -0.398 e.